The number of anilines is 1. The maximum absolute atomic E-state index is 12.2. The van der Waals surface area contributed by atoms with E-state index in [9.17, 15) is 13.2 Å². The molecule has 26 heavy (non-hydrogen) atoms. The van der Waals surface area contributed by atoms with Crippen LogP contribution in [0.3, 0.4) is 0 Å². The minimum Gasteiger partial charge on any atom is -0.375 e. The number of nitrogens with one attached hydrogen (secondary N) is 2. The normalized spacial score (nSPS) is 11.2. The summed E-state index contributed by atoms with van der Waals surface area (Å²) in [5.41, 5.74) is 1.58. The molecule has 0 aliphatic heterocycles. The molecular weight excluding hydrogens is 350 g/mol. The molecule has 0 aromatic heterocycles. The summed E-state index contributed by atoms with van der Waals surface area (Å²) < 4.78 is 26.2. The van der Waals surface area contributed by atoms with Gasteiger partial charge in [0.05, 0.1) is 4.90 Å². The van der Waals surface area contributed by atoms with Gasteiger partial charge in [0.1, 0.15) is 0 Å². The van der Waals surface area contributed by atoms with Crippen molar-refractivity contribution in [3.8, 4) is 0 Å². The van der Waals surface area contributed by atoms with Crippen molar-refractivity contribution in [3.63, 3.8) is 0 Å². The van der Waals surface area contributed by atoms with E-state index in [1.165, 1.54) is 24.3 Å². The highest BCUT2D eigenvalue weighted by Gasteiger charge is 2.13. The van der Waals surface area contributed by atoms with E-state index in [-0.39, 0.29) is 10.8 Å². The highest BCUT2D eigenvalue weighted by molar-refractivity contribution is 7.89. The molecule has 2 aromatic rings. The predicted molar refractivity (Wildman–Crippen MR) is 104 cm³/mol. The first-order valence-corrected chi connectivity index (χ1v) is 10.1. The van der Waals surface area contributed by atoms with E-state index in [0.717, 1.165) is 18.7 Å². The number of hydrogen-bond acceptors (Lipinski definition) is 4. The maximum atomic E-state index is 12.2. The number of nitrogens with zero attached hydrogens (tertiary/aromatic N) is 1. The van der Waals surface area contributed by atoms with Gasteiger partial charge in [-0.2, -0.15) is 0 Å². The first-order chi connectivity index (χ1) is 12.4. The van der Waals surface area contributed by atoms with Gasteiger partial charge in [-0.15, -0.1) is 0 Å². The van der Waals surface area contributed by atoms with E-state index in [4.69, 9.17) is 0 Å². The van der Waals surface area contributed by atoms with Crippen molar-refractivity contribution < 1.29 is 13.2 Å². The second-order valence-corrected chi connectivity index (χ2v) is 7.66. The molecule has 1 amide bonds. The van der Waals surface area contributed by atoms with Crippen molar-refractivity contribution in [2.45, 2.75) is 18.2 Å². The first kappa shape index (κ1) is 19.9. The van der Waals surface area contributed by atoms with Crippen molar-refractivity contribution in [2.24, 2.45) is 0 Å². The summed E-state index contributed by atoms with van der Waals surface area (Å²) in [5.74, 6) is -0.209. The molecule has 7 heteroatoms. The number of benzene rings is 2. The van der Waals surface area contributed by atoms with E-state index >= 15 is 0 Å². The van der Waals surface area contributed by atoms with E-state index in [2.05, 4.69) is 14.9 Å². The van der Waals surface area contributed by atoms with Gasteiger partial charge in [-0.05, 0) is 42.8 Å². The molecule has 0 heterocycles. The number of amides is 1. The van der Waals surface area contributed by atoms with Crippen molar-refractivity contribution in [2.75, 3.05) is 31.6 Å². The second-order valence-electron chi connectivity index (χ2n) is 5.89. The highest BCUT2D eigenvalue weighted by Crippen LogP contribution is 2.12. The van der Waals surface area contributed by atoms with Crippen LogP contribution >= 0.6 is 0 Å². The monoisotopic (exact) mass is 375 g/mol. The van der Waals surface area contributed by atoms with Crippen LogP contribution < -0.4 is 14.9 Å². The lowest BCUT2D eigenvalue weighted by molar-refractivity contribution is 0.0953. The molecule has 140 valence electrons. The van der Waals surface area contributed by atoms with Crippen LogP contribution in [0.15, 0.2) is 59.5 Å². The van der Waals surface area contributed by atoms with Gasteiger partial charge in [-0.25, -0.2) is 13.1 Å². The number of rotatable bonds is 9. The number of carbonyl (C=O) groups is 1. The molecule has 0 unspecified atom stereocenters. The van der Waals surface area contributed by atoms with Crippen LogP contribution in [0.2, 0.25) is 0 Å². The molecule has 2 aromatic carbocycles. The molecule has 0 atom stereocenters. The molecule has 0 bridgehead atoms. The van der Waals surface area contributed by atoms with Crippen LogP contribution in [-0.4, -0.2) is 41.0 Å². The minimum atomic E-state index is -3.50. The number of carbonyl (C=O) groups excluding carboxylic acids is 1. The lowest BCUT2D eigenvalue weighted by Crippen LogP contribution is -2.28. The third-order valence-corrected chi connectivity index (χ3v) is 5.48. The van der Waals surface area contributed by atoms with Gasteiger partial charge < -0.3 is 10.2 Å². The van der Waals surface area contributed by atoms with Crippen LogP contribution in [0.1, 0.15) is 23.7 Å². The van der Waals surface area contributed by atoms with Crippen molar-refractivity contribution >= 4 is 21.6 Å². The standard InChI is InChI=1S/C19H25N3O3S/c1-3-21-26(24,25)18-12-10-16(11-13-18)19(23)20-14-7-15-22(2)17-8-5-4-6-9-17/h4-6,8-13,21H,3,7,14-15H2,1-2H3,(H,20,23). The van der Waals surface area contributed by atoms with Gasteiger partial charge in [0, 0.05) is 37.9 Å². The summed E-state index contributed by atoms with van der Waals surface area (Å²) >= 11 is 0. The molecule has 0 spiro atoms. The fourth-order valence-corrected chi connectivity index (χ4v) is 3.53. The average Bonchev–Trinajstić information content (AvgIpc) is 2.65. The largest absolute Gasteiger partial charge is 0.375 e. The molecule has 0 saturated carbocycles. The Balaban J connectivity index is 1.81. The number of sulfonamides is 1. The maximum Gasteiger partial charge on any atom is 0.251 e. The second kappa shape index (κ2) is 9.35. The molecule has 2 N–H and O–H groups in total. The Morgan fingerprint density at radius 3 is 2.31 bits per heavy atom. The van der Waals surface area contributed by atoms with Gasteiger partial charge in [-0.3, -0.25) is 4.79 Å². The molecule has 0 radical (unpaired) electrons. The zero-order valence-corrected chi connectivity index (χ0v) is 15.9. The van der Waals surface area contributed by atoms with E-state index < -0.39 is 10.0 Å². The number of para-hydroxylation sites is 1. The van der Waals surface area contributed by atoms with Crippen LogP contribution in [-0.2, 0) is 10.0 Å². The zero-order chi connectivity index (χ0) is 19.0. The lowest BCUT2D eigenvalue weighted by Gasteiger charge is -2.19. The Morgan fingerprint density at radius 2 is 1.69 bits per heavy atom. The Hall–Kier alpha value is -2.38. The van der Waals surface area contributed by atoms with Gasteiger partial charge in [0.15, 0.2) is 0 Å². The first-order valence-electron chi connectivity index (χ1n) is 8.58. The fourth-order valence-electron chi connectivity index (χ4n) is 2.49. The summed E-state index contributed by atoms with van der Waals surface area (Å²) in [6, 6.07) is 16.0. The third-order valence-electron chi connectivity index (χ3n) is 3.91. The highest BCUT2D eigenvalue weighted by atomic mass is 32.2. The smallest absolute Gasteiger partial charge is 0.251 e. The summed E-state index contributed by atoms with van der Waals surface area (Å²) in [6.45, 7) is 3.41. The predicted octanol–water partition coefficient (Wildman–Crippen LogP) is 2.24. The van der Waals surface area contributed by atoms with Crippen LogP contribution in [0, 0.1) is 0 Å². The van der Waals surface area contributed by atoms with E-state index in [1.54, 1.807) is 6.92 Å². The lowest BCUT2D eigenvalue weighted by atomic mass is 10.2. The van der Waals surface area contributed by atoms with E-state index in [0.29, 0.717) is 18.7 Å². The number of hydrogen-bond donors (Lipinski definition) is 2. The summed E-state index contributed by atoms with van der Waals surface area (Å²) in [4.78, 5) is 14.4. The van der Waals surface area contributed by atoms with Gasteiger partial charge in [-0.1, -0.05) is 25.1 Å². The molecule has 0 fully saturated rings. The SMILES string of the molecule is CCNS(=O)(=O)c1ccc(C(=O)NCCCN(C)c2ccccc2)cc1. The third kappa shape index (κ3) is 5.57. The summed E-state index contributed by atoms with van der Waals surface area (Å²) in [5, 5.41) is 2.86. The van der Waals surface area contributed by atoms with Crippen LogP contribution in [0.25, 0.3) is 0 Å². The molecule has 0 saturated heterocycles. The molecular formula is C19H25N3O3S. The minimum absolute atomic E-state index is 0.153. The fraction of sp³-hybridized carbons (Fsp3) is 0.316. The van der Waals surface area contributed by atoms with Crippen LogP contribution in [0.5, 0.6) is 0 Å². The summed E-state index contributed by atoms with van der Waals surface area (Å²) in [6.07, 6.45) is 0.810. The Morgan fingerprint density at radius 1 is 1.04 bits per heavy atom. The quantitative estimate of drug-likeness (QED) is 0.659. The van der Waals surface area contributed by atoms with Crippen molar-refractivity contribution in [1.82, 2.24) is 10.0 Å². The Labute approximate surface area is 155 Å². The Bertz CT molecular complexity index is 806. The van der Waals surface area contributed by atoms with Gasteiger partial charge in [0.2, 0.25) is 10.0 Å². The van der Waals surface area contributed by atoms with Gasteiger partial charge >= 0.3 is 0 Å². The zero-order valence-electron chi connectivity index (χ0n) is 15.1. The topological polar surface area (TPSA) is 78.5 Å². The molecule has 0 aliphatic carbocycles. The van der Waals surface area contributed by atoms with Gasteiger partial charge in [0.25, 0.3) is 5.91 Å². The molecule has 6 nitrogen and oxygen atoms in total. The van der Waals surface area contributed by atoms with E-state index in [1.807, 2.05) is 37.4 Å². The molecule has 2 rings (SSSR count). The summed E-state index contributed by atoms with van der Waals surface area (Å²) in [7, 11) is -1.48. The average molecular weight is 375 g/mol. The van der Waals surface area contributed by atoms with Crippen LogP contribution in [0.4, 0.5) is 5.69 Å². The molecule has 0 aliphatic rings. The van der Waals surface area contributed by atoms with Crippen molar-refractivity contribution in [1.29, 1.82) is 0 Å². The Kier molecular flexibility index (Phi) is 7.17. The van der Waals surface area contributed by atoms with Crippen molar-refractivity contribution in [3.05, 3.63) is 60.2 Å².